The van der Waals surface area contributed by atoms with Gasteiger partial charge in [-0.05, 0) is 42.3 Å². The average molecular weight is 467 g/mol. The number of benzene rings is 2. The van der Waals surface area contributed by atoms with E-state index < -0.39 is 23.7 Å². The Labute approximate surface area is 196 Å². The van der Waals surface area contributed by atoms with E-state index in [9.17, 15) is 19.5 Å². The smallest absolute Gasteiger partial charge is 0.337 e. The summed E-state index contributed by atoms with van der Waals surface area (Å²) in [6.45, 7) is 1.44. The molecule has 0 saturated carbocycles. The SMILES string of the molecule is COCCCN1C(=O)C(=O)/C(=C(\O)c2ccc3c(c2)OCCO3)C1c1ccc(C(=O)OC)cc1. The molecule has 2 aromatic carbocycles. The zero-order valence-corrected chi connectivity index (χ0v) is 18.9. The van der Waals surface area contributed by atoms with Crippen LogP contribution in [0.25, 0.3) is 5.76 Å². The molecule has 2 aliphatic rings. The van der Waals surface area contributed by atoms with Crippen LogP contribution in [-0.2, 0) is 19.1 Å². The minimum Gasteiger partial charge on any atom is -0.507 e. The van der Waals surface area contributed by atoms with E-state index in [2.05, 4.69) is 0 Å². The summed E-state index contributed by atoms with van der Waals surface area (Å²) in [5.41, 5.74) is 1.19. The van der Waals surface area contributed by atoms with E-state index in [1.807, 2.05) is 0 Å². The molecule has 9 heteroatoms. The van der Waals surface area contributed by atoms with Crippen LogP contribution in [0.3, 0.4) is 0 Å². The van der Waals surface area contributed by atoms with Crippen molar-refractivity contribution in [1.82, 2.24) is 4.90 Å². The zero-order valence-electron chi connectivity index (χ0n) is 18.9. The van der Waals surface area contributed by atoms with Crippen molar-refractivity contribution in [2.24, 2.45) is 0 Å². The van der Waals surface area contributed by atoms with Gasteiger partial charge in [-0.1, -0.05) is 12.1 Å². The number of hydrogen-bond acceptors (Lipinski definition) is 8. The molecule has 1 saturated heterocycles. The summed E-state index contributed by atoms with van der Waals surface area (Å²) < 4.78 is 20.9. The predicted molar refractivity (Wildman–Crippen MR) is 121 cm³/mol. The van der Waals surface area contributed by atoms with Gasteiger partial charge in [-0.15, -0.1) is 0 Å². The number of nitrogens with zero attached hydrogens (tertiary/aromatic N) is 1. The number of aliphatic hydroxyl groups excluding tert-OH is 1. The standard InChI is InChI=1S/C25H25NO8/c1-31-11-3-10-26-21(15-4-6-16(7-5-15)25(30)32-2)20(23(28)24(26)29)22(27)17-8-9-18-19(14-17)34-13-12-33-18/h4-9,14,21,27H,3,10-13H2,1-2H3/b22-20-. The quantitative estimate of drug-likeness (QED) is 0.218. The van der Waals surface area contributed by atoms with Crippen molar-refractivity contribution in [3.05, 3.63) is 64.7 Å². The number of rotatable bonds is 7. The van der Waals surface area contributed by atoms with Crippen LogP contribution in [0.15, 0.2) is 48.0 Å². The topological polar surface area (TPSA) is 112 Å². The number of likely N-dealkylation sites (tertiary alicyclic amines) is 1. The summed E-state index contributed by atoms with van der Waals surface area (Å²) in [5.74, 6) is -1.32. The molecule has 34 heavy (non-hydrogen) atoms. The van der Waals surface area contributed by atoms with Crippen LogP contribution in [0.2, 0.25) is 0 Å². The first-order chi connectivity index (χ1) is 16.5. The third-order valence-corrected chi connectivity index (χ3v) is 5.75. The molecular weight excluding hydrogens is 442 g/mol. The highest BCUT2D eigenvalue weighted by atomic mass is 16.6. The van der Waals surface area contributed by atoms with Crippen LogP contribution in [0.4, 0.5) is 0 Å². The second-order valence-electron chi connectivity index (χ2n) is 7.81. The zero-order chi connectivity index (χ0) is 24.2. The van der Waals surface area contributed by atoms with Gasteiger partial charge in [-0.3, -0.25) is 9.59 Å². The van der Waals surface area contributed by atoms with Crippen molar-refractivity contribution in [3.63, 3.8) is 0 Å². The summed E-state index contributed by atoms with van der Waals surface area (Å²) in [6.07, 6.45) is 0.504. The molecule has 2 heterocycles. The number of carbonyl (C=O) groups excluding carboxylic acids is 3. The number of hydrogen-bond donors (Lipinski definition) is 1. The molecule has 0 radical (unpaired) electrons. The van der Waals surface area contributed by atoms with E-state index in [1.165, 1.54) is 12.0 Å². The Bertz CT molecular complexity index is 1140. The third-order valence-electron chi connectivity index (χ3n) is 5.75. The minimum atomic E-state index is -0.836. The van der Waals surface area contributed by atoms with Crippen LogP contribution in [0.5, 0.6) is 11.5 Å². The molecule has 1 fully saturated rings. The third kappa shape index (κ3) is 4.34. The Kier molecular flexibility index (Phi) is 6.83. The monoisotopic (exact) mass is 467 g/mol. The lowest BCUT2D eigenvalue weighted by Crippen LogP contribution is -2.31. The number of amides is 1. The molecule has 2 aliphatic heterocycles. The van der Waals surface area contributed by atoms with Crippen LogP contribution < -0.4 is 9.47 Å². The molecule has 178 valence electrons. The summed E-state index contributed by atoms with van der Waals surface area (Å²) in [5, 5.41) is 11.2. The van der Waals surface area contributed by atoms with Gasteiger partial charge in [0.2, 0.25) is 0 Å². The van der Waals surface area contributed by atoms with E-state index in [-0.39, 0.29) is 17.9 Å². The maximum absolute atomic E-state index is 13.1. The number of ketones is 1. The average Bonchev–Trinajstić information content (AvgIpc) is 3.12. The van der Waals surface area contributed by atoms with Gasteiger partial charge in [0.1, 0.15) is 19.0 Å². The summed E-state index contributed by atoms with van der Waals surface area (Å²) in [7, 11) is 2.84. The second kappa shape index (κ2) is 9.96. The summed E-state index contributed by atoms with van der Waals surface area (Å²) in [6, 6.07) is 10.4. The number of carbonyl (C=O) groups is 3. The van der Waals surface area contributed by atoms with Gasteiger partial charge in [0, 0.05) is 25.8 Å². The fraction of sp³-hybridized carbons (Fsp3) is 0.320. The van der Waals surface area contributed by atoms with Crippen LogP contribution in [-0.4, -0.2) is 68.3 Å². The van der Waals surface area contributed by atoms with Gasteiger partial charge in [-0.2, -0.15) is 0 Å². The minimum absolute atomic E-state index is 0.0371. The lowest BCUT2D eigenvalue weighted by atomic mass is 9.94. The van der Waals surface area contributed by atoms with Crippen molar-refractivity contribution in [2.45, 2.75) is 12.5 Å². The molecule has 4 rings (SSSR count). The highest BCUT2D eigenvalue weighted by Crippen LogP contribution is 2.41. The van der Waals surface area contributed by atoms with Gasteiger partial charge in [0.25, 0.3) is 11.7 Å². The van der Waals surface area contributed by atoms with Crippen molar-refractivity contribution >= 4 is 23.4 Å². The number of fused-ring (bicyclic) bond motifs is 1. The molecule has 0 spiro atoms. The van der Waals surface area contributed by atoms with Gasteiger partial charge in [0.05, 0.1) is 24.3 Å². The van der Waals surface area contributed by atoms with Crippen molar-refractivity contribution in [3.8, 4) is 11.5 Å². The predicted octanol–water partition coefficient (Wildman–Crippen LogP) is 2.70. The first-order valence-corrected chi connectivity index (χ1v) is 10.8. The summed E-state index contributed by atoms with van der Waals surface area (Å²) >= 11 is 0. The van der Waals surface area contributed by atoms with E-state index in [0.29, 0.717) is 54.4 Å². The first-order valence-electron chi connectivity index (χ1n) is 10.8. The number of aliphatic hydroxyl groups is 1. The van der Waals surface area contributed by atoms with E-state index in [0.717, 1.165) is 0 Å². The van der Waals surface area contributed by atoms with Crippen molar-refractivity contribution < 1.29 is 38.4 Å². The molecule has 9 nitrogen and oxygen atoms in total. The molecular formula is C25H25NO8. The van der Waals surface area contributed by atoms with Gasteiger partial charge >= 0.3 is 5.97 Å². The molecule has 2 aromatic rings. The highest BCUT2D eigenvalue weighted by molar-refractivity contribution is 6.46. The first kappa shape index (κ1) is 23.3. The van der Waals surface area contributed by atoms with E-state index in [4.69, 9.17) is 18.9 Å². The fourth-order valence-electron chi connectivity index (χ4n) is 4.10. The highest BCUT2D eigenvalue weighted by Gasteiger charge is 2.45. The van der Waals surface area contributed by atoms with Crippen LogP contribution in [0.1, 0.15) is 33.9 Å². The van der Waals surface area contributed by atoms with Crippen LogP contribution >= 0.6 is 0 Å². The number of esters is 1. The molecule has 1 N–H and O–H groups in total. The Morgan fingerprint density at radius 3 is 2.38 bits per heavy atom. The van der Waals surface area contributed by atoms with E-state index in [1.54, 1.807) is 49.6 Å². The molecule has 0 bridgehead atoms. The number of methoxy groups -OCH3 is 2. The normalized spacial score (nSPS) is 18.8. The molecule has 0 aliphatic carbocycles. The Balaban J connectivity index is 1.79. The molecule has 1 amide bonds. The maximum Gasteiger partial charge on any atom is 0.337 e. The lowest BCUT2D eigenvalue weighted by Gasteiger charge is -2.25. The molecule has 0 aromatic heterocycles. The number of Topliss-reactive ketones (excluding diaryl/α,β-unsaturated/α-hetero) is 1. The van der Waals surface area contributed by atoms with E-state index >= 15 is 0 Å². The Morgan fingerprint density at radius 2 is 1.71 bits per heavy atom. The van der Waals surface area contributed by atoms with Gasteiger partial charge in [-0.25, -0.2) is 4.79 Å². The lowest BCUT2D eigenvalue weighted by molar-refractivity contribution is -0.140. The second-order valence-corrected chi connectivity index (χ2v) is 7.81. The molecule has 1 unspecified atom stereocenters. The van der Waals surface area contributed by atoms with Gasteiger partial charge in [0.15, 0.2) is 11.5 Å². The molecule has 1 atom stereocenters. The van der Waals surface area contributed by atoms with Crippen molar-refractivity contribution in [1.29, 1.82) is 0 Å². The fourth-order valence-corrected chi connectivity index (χ4v) is 4.10. The Morgan fingerprint density at radius 1 is 1.03 bits per heavy atom. The van der Waals surface area contributed by atoms with Crippen molar-refractivity contribution in [2.75, 3.05) is 40.6 Å². The Hall–Kier alpha value is -3.85. The van der Waals surface area contributed by atoms with Crippen LogP contribution in [0, 0.1) is 0 Å². The number of ether oxygens (including phenoxy) is 4. The van der Waals surface area contributed by atoms with Gasteiger partial charge < -0.3 is 29.0 Å². The largest absolute Gasteiger partial charge is 0.507 e. The maximum atomic E-state index is 13.1. The summed E-state index contributed by atoms with van der Waals surface area (Å²) in [4.78, 5) is 39.3.